The van der Waals surface area contributed by atoms with Crippen LogP contribution in [0.15, 0.2) is 54.2 Å². The molecule has 5 amide bonds. The molecule has 2 aromatic carbocycles. The molecule has 190 valence electrons. The zero-order valence-corrected chi connectivity index (χ0v) is 21.3. The molecule has 0 unspecified atom stereocenters. The van der Waals surface area contributed by atoms with Crippen LogP contribution >= 0.6 is 0 Å². The van der Waals surface area contributed by atoms with Gasteiger partial charge in [0.1, 0.15) is 12.1 Å². The maximum Gasteiger partial charge on any atom is 0.335 e. The molecule has 2 saturated heterocycles. The van der Waals surface area contributed by atoms with Gasteiger partial charge in [-0.15, -0.1) is 0 Å². The molecule has 0 saturated carbocycles. The first kappa shape index (κ1) is 24.5. The van der Waals surface area contributed by atoms with Gasteiger partial charge in [-0.2, -0.15) is 0 Å². The SMILES string of the molecule is Cc1cccc(N2C(=O)NC(=O)C(=Cc3cn(CC(=O)N4CCC(C)CC4)c4ccccc34)C2=O)c1C. The summed E-state index contributed by atoms with van der Waals surface area (Å²) >= 11 is 0. The summed E-state index contributed by atoms with van der Waals surface area (Å²) < 4.78 is 1.86. The predicted octanol–water partition coefficient (Wildman–Crippen LogP) is 4.18. The minimum absolute atomic E-state index is 0.0463. The minimum Gasteiger partial charge on any atom is -0.341 e. The van der Waals surface area contributed by atoms with Gasteiger partial charge in [0.15, 0.2) is 0 Å². The van der Waals surface area contributed by atoms with E-state index in [9.17, 15) is 19.2 Å². The van der Waals surface area contributed by atoms with Crippen molar-refractivity contribution in [2.75, 3.05) is 18.0 Å². The molecule has 37 heavy (non-hydrogen) atoms. The summed E-state index contributed by atoms with van der Waals surface area (Å²) in [4.78, 5) is 54.9. The van der Waals surface area contributed by atoms with Crippen molar-refractivity contribution >= 4 is 46.4 Å². The quantitative estimate of drug-likeness (QED) is 0.432. The van der Waals surface area contributed by atoms with E-state index >= 15 is 0 Å². The van der Waals surface area contributed by atoms with E-state index in [-0.39, 0.29) is 18.0 Å². The first-order valence-electron chi connectivity index (χ1n) is 12.6. The van der Waals surface area contributed by atoms with Crippen LogP contribution in [0.3, 0.4) is 0 Å². The fourth-order valence-corrected chi connectivity index (χ4v) is 5.03. The van der Waals surface area contributed by atoms with Gasteiger partial charge >= 0.3 is 6.03 Å². The van der Waals surface area contributed by atoms with E-state index in [0.29, 0.717) is 17.2 Å². The van der Waals surface area contributed by atoms with Crippen LogP contribution in [0, 0.1) is 19.8 Å². The van der Waals surface area contributed by atoms with Crippen molar-refractivity contribution in [2.45, 2.75) is 40.2 Å². The number of urea groups is 1. The van der Waals surface area contributed by atoms with Crippen LogP contribution in [-0.2, 0) is 20.9 Å². The summed E-state index contributed by atoms with van der Waals surface area (Å²) in [6.45, 7) is 7.62. The highest BCUT2D eigenvalue weighted by Crippen LogP contribution is 2.29. The number of likely N-dealkylation sites (tertiary alicyclic amines) is 1. The van der Waals surface area contributed by atoms with Crippen molar-refractivity contribution in [3.8, 4) is 0 Å². The molecule has 0 bridgehead atoms. The van der Waals surface area contributed by atoms with E-state index in [1.165, 1.54) is 6.08 Å². The van der Waals surface area contributed by atoms with E-state index in [0.717, 1.165) is 52.9 Å². The zero-order valence-electron chi connectivity index (χ0n) is 21.3. The topological polar surface area (TPSA) is 91.7 Å². The molecule has 1 aromatic heterocycles. The number of carbonyl (C=O) groups is 4. The number of amides is 5. The number of aromatic nitrogens is 1. The van der Waals surface area contributed by atoms with Crippen LogP contribution in [0.1, 0.15) is 36.5 Å². The smallest absolute Gasteiger partial charge is 0.335 e. The lowest BCUT2D eigenvalue weighted by atomic mass is 9.99. The van der Waals surface area contributed by atoms with Crippen LogP contribution in [-0.4, -0.2) is 46.3 Å². The van der Waals surface area contributed by atoms with Gasteiger partial charge < -0.3 is 9.47 Å². The highest BCUT2D eigenvalue weighted by atomic mass is 16.2. The van der Waals surface area contributed by atoms with Gasteiger partial charge in [0, 0.05) is 35.8 Å². The van der Waals surface area contributed by atoms with E-state index < -0.39 is 17.8 Å². The van der Waals surface area contributed by atoms with Crippen LogP contribution < -0.4 is 10.2 Å². The van der Waals surface area contributed by atoms with E-state index in [4.69, 9.17) is 0 Å². The second-order valence-electron chi connectivity index (χ2n) is 9.97. The minimum atomic E-state index is -0.773. The first-order valence-corrected chi connectivity index (χ1v) is 12.6. The number of benzene rings is 2. The second kappa shape index (κ2) is 9.69. The molecule has 1 N–H and O–H groups in total. The lowest BCUT2D eigenvalue weighted by molar-refractivity contribution is -0.133. The Kier molecular flexibility index (Phi) is 6.41. The molecule has 0 atom stereocenters. The molecule has 8 nitrogen and oxygen atoms in total. The van der Waals surface area contributed by atoms with Crippen molar-refractivity contribution in [1.82, 2.24) is 14.8 Å². The van der Waals surface area contributed by atoms with Gasteiger partial charge in [0.05, 0.1) is 5.69 Å². The maximum atomic E-state index is 13.5. The lowest BCUT2D eigenvalue weighted by Gasteiger charge is -2.30. The van der Waals surface area contributed by atoms with Gasteiger partial charge in [-0.3, -0.25) is 19.7 Å². The van der Waals surface area contributed by atoms with Crippen molar-refractivity contribution in [3.05, 3.63) is 70.9 Å². The summed E-state index contributed by atoms with van der Waals surface area (Å²) in [5.41, 5.74) is 3.46. The average molecular weight is 499 g/mol. The number of nitrogens with zero attached hydrogens (tertiary/aromatic N) is 3. The summed E-state index contributed by atoms with van der Waals surface area (Å²) in [5, 5.41) is 3.11. The monoisotopic (exact) mass is 498 g/mol. The molecule has 8 heteroatoms. The van der Waals surface area contributed by atoms with Gasteiger partial charge in [0.25, 0.3) is 11.8 Å². The fourth-order valence-electron chi connectivity index (χ4n) is 5.03. The number of piperidine rings is 1. The average Bonchev–Trinajstić information content (AvgIpc) is 3.21. The first-order chi connectivity index (χ1) is 17.7. The van der Waals surface area contributed by atoms with Crippen LogP contribution in [0.4, 0.5) is 10.5 Å². The fraction of sp³-hybridized carbons (Fsp3) is 0.310. The number of imide groups is 2. The maximum absolute atomic E-state index is 13.5. The molecule has 2 aliphatic rings. The summed E-state index contributed by atoms with van der Waals surface area (Å²) in [7, 11) is 0. The molecule has 0 spiro atoms. The Morgan fingerprint density at radius 3 is 2.51 bits per heavy atom. The normalized spacial score (nSPS) is 18.1. The summed E-state index contributed by atoms with van der Waals surface area (Å²) in [5.74, 6) is -0.751. The number of hydrogen-bond acceptors (Lipinski definition) is 4. The summed E-state index contributed by atoms with van der Waals surface area (Å²) in [6, 6.07) is 12.1. The lowest BCUT2D eigenvalue weighted by Crippen LogP contribution is -2.54. The molecule has 5 rings (SSSR count). The number of para-hydroxylation sites is 1. The van der Waals surface area contributed by atoms with E-state index in [2.05, 4.69) is 12.2 Å². The molecule has 0 radical (unpaired) electrons. The third-order valence-electron chi connectivity index (χ3n) is 7.48. The van der Waals surface area contributed by atoms with Crippen LogP contribution in [0.2, 0.25) is 0 Å². The highest BCUT2D eigenvalue weighted by molar-refractivity contribution is 6.39. The number of carbonyl (C=O) groups excluding carboxylic acids is 4. The number of barbiturate groups is 1. The molecule has 0 aliphatic carbocycles. The predicted molar refractivity (Wildman–Crippen MR) is 142 cm³/mol. The number of fused-ring (bicyclic) bond motifs is 1. The number of nitrogens with one attached hydrogen (secondary N) is 1. The van der Waals surface area contributed by atoms with E-state index in [1.54, 1.807) is 18.3 Å². The van der Waals surface area contributed by atoms with Gasteiger partial charge in [-0.25, -0.2) is 9.69 Å². The Hall–Kier alpha value is -4.20. The summed E-state index contributed by atoms with van der Waals surface area (Å²) in [6.07, 6.45) is 5.31. The van der Waals surface area contributed by atoms with Crippen molar-refractivity contribution < 1.29 is 19.2 Å². The third kappa shape index (κ3) is 4.55. The molecule has 3 heterocycles. The Balaban J connectivity index is 1.50. The molecular formula is C29H30N4O4. The molecule has 3 aromatic rings. The van der Waals surface area contributed by atoms with Crippen LogP contribution in [0.5, 0.6) is 0 Å². The zero-order chi connectivity index (χ0) is 26.3. The Labute approximate surface area is 215 Å². The number of anilines is 1. The van der Waals surface area contributed by atoms with Gasteiger partial charge in [-0.1, -0.05) is 37.3 Å². The number of aryl methyl sites for hydroxylation is 1. The standard InChI is InChI=1S/C29H30N4O4/c1-18-11-13-31(14-12-18)26(34)17-32-16-21(22-8-4-5-9-25(22)32)15-23-27(35)30-29(37)33(28(23)36)24-10-6-7-19(2)20(24)3/h4-10,15-16,18H,11-14,17H2,1-3H3,(H,30,35,37). The van der Waals surface area contributed by atoms with Crippen molar-refractivity contribution in [1.29, 1.82) is 0 Å². The highest BCUT2D eigenvalue weighted by Gasteiger charge is 2.37. The van der Waals surface area contributed by atoms with Crippen LogP contribution in [0.25, 0.3) is 17.0 Å². The molecule has 2 fully saturated rings. The largest absolute Gasteiger partial charge is 0.341 e. The number of hydrogen-bond donors (Lipinski definition) is 1. The molecule has 2 aliphatic heterocycles. The Morgan fingerprint density at radius 1 is 1.03 bits per heavy atom. The second-order valence-corrected chi connectivity index (χ2v) is 9.97. The van der Waals surface area contributed by atoms with E-state index in [1.807, 2.05) is 53.6 Å². The van der Waals surface area contributed by atoms with Crippen molar-refractivity contribution in [3.63, 3.8) is 0 Å². The molecular weight excluding hydrogens is 468 g/mol. The van der Waals surface area contributed by atoms with Crippen molar-refractivity contribution in [2.24, 2.45) is 5.92 Å². The number of rotatable bonds is 4. The van der Waals surface area contributed by atoms with Gasteiger partial charge in [0.2, 0.25) is 5.91 Å². The Morgan fingerprint density at radius 2 is 1.76 bits per heavy atom. The van der Waals surface area contributed by atoms with Gasteiger partial charge in [-0.05, 0) is 61.9 Å². The Bertz CT molecular complexity index is 1460. The third-order valence-corrected chi connectivity index (χ3v) is 7.48.